The molecule has 4 rings (SSSR count). The number of nitrogens with one attached hydrogen (secondary N) is 1. The Morgan fingerprint density at radius 3 is 2.38 bits per heavy atom. The van der Waals surface area contributed by atoms with Crippen LogP contribution in [0.2, 0.25) is 0 Å². The predicted molar refractivity (Wildman–Crippen MR) is 127 cm³/mol. The van der Waals surface area contributed by atoms with Crippen molar-refractivity contribution >= 4 is 11.8 Å². The molecule has 1 N–H and O–H groups in total. The fraction of sp³-hybridized carbons (Fsp3) is 0.407. The maximum Gasteiger partial charge on any atom is 0.254 e. The molecule has 2 aliphatic rings. The first-order valence-electron chi connectivity index (χ1n) is 11.4. The van der Waals surface area contributed by atoms with Gasteiger partial charge in [-0.1, -0.05) is 61.9 Å². The average molecular weight is 432 g/mol. The number of hydrogen-bond acceptors (Lipinski definition) is 3. The molecule has 0 aliphatic carbocycles. The number of carbonyl (C=O) groups is 2. The first-order valence-corrected chi connectivity index (χ1v) is 11.4. The van der Waals surface area contributed by atoms with Crippen LogP contribution >= 0.6 is 0 Å². The second kappa shape index (κ2) is 8.45. The van der Waals surface area contributed by atoms with Gasteiger partial charge >= 0.3 is 0 Å². The lowest BCUT2D eigenvalue weighted by Crippen LogP contribution is -2.50. The first-order chi connectivity index (χ1) is 15.2. The van der Waals surface area contributed by atoms with Gasteiger partial charge in [0.15, 0.2) is 0 Å². The van der Waals surface area contributed by atoms with Crippen LogP contribution in [0.3, 0.4) is 0 Å². The molecule has 2 aromatic carbocycles. The van der Waals surface area contributed by atoms with Crippen molar-refractivity contribution in [3.8, 4) is 0 Å². The molecule has 0 saturated carbocycles. The van der Waals surface area contributed by atoms with Gasteiger partial charge < -0.3 is 15.1 Å². The average Bonchev–Trinajstić information content (AvgIpc) is 2.92. The SMILES string of the molecule is Cc1ccc(C(=O)N2CCNC3=C(C(=O)N(Cc4ccccc4)C3(C)C)C2C(C)C)cc1. The second-order valence-electron chi connectivity index (χ2n) is 9.70. The van der Waals surface area contributed by atoms with E-state index in [1.807, 2.05) is 71.3 Å². The maximum absolute atomic E-state index is 13.9. The number of rotatable bonds is 4. The van der Waals surface area contributed by atoms with Crippen molar-refractivity contribution in [2.24, 2.45) is 5.92 Å². The Kier molecular flexibility index (Phi) is 5.85. The van der Waals surface area contributed by atoms with Crippen LogP contribution in [0, 0.1) is 12.8 Å². The molecule has 1 atom stereocenters. The molecular weight excluding hydrogens is 398 g/mol. The fourth-order valence-electron chi connectivity index (χ4n) is 4.97. The highest BCUT2D eigenvalue weighted by atomic mass is 16.2. The standard InChI is InChI=1S/C27H33N3O2/c1-18(2)23-22-24(27(4,5)30(26(22)32)17-20-9-7-6-8-10-20)28-15-16-29(23)25(31)21-13-11-19(3)12-14-21/h6-14,18,23,28H,15-17H2,1-5H3. The largest absolute Gasteiger partial charge is 0.384 e. The van der Waals surface area contributed by atoms with Crippen molar-refractivity contribution in [2.75, 3.05) is 13.1 Å². The summed E-state index contributed by atoms with van der Waals surface area (Å²) in [6.07, 6.45) is 0. The minimum Gasteiger partial charge on any atom is -0.384 e. The zero-order chi connectivity index (χ0) is 23.0. The quantitative estimate of drug-likeness (QED) is 0.792. The molecule has 2 amide bonds. The third-order valence-electron chi connectivity index (χ3n) is 6.69. The van der Waals surface area contributed by atoms with Gasteiger partial charge in [0.25, 0.3) is 11.8 Å². The lowest BCUT2D eigenvalue weighted by atomic mass is 9.90. The van der Waals surface area contributed by atoms with Gasteiger partial charge in [0.05, 0.1) is 17.2 Å². The van der Waals surface area contributed by atoms with E-state index < -0.39 is 5.54 Å². The monoisotopic (exact) mass is 431 g/mol. The smallest absolute Gasteiger partial charge is 0.254 e. The van der Waals surface area contributed by atoms with Crippen LogP contribution in [0.25, 0.3) is 0 Å². The van der Waals surface area contributed by atoms with Crippen LogP contribution in [0.1, 0.15) is 49.2 Å². The second-order valence-corrected chi connectivity index (χ2v) is 9.70. The zero-order valence-electron chi connectivity index (χ0n) is 19.7. The summed E-state index contributed by atoms with van der Waals surface area (Å²) in [4.78, 5) is 31.3. The van der Waals surface area contributed by atoms with Crippen molar-refractivity contribution in [1.82, 2.24) is 15.1 Å². The van der Waals surface area contributed by atoms with Crippen LogP contribution < -0.4 is 5.32 Å². The Labute approximate surface area is 191 Å². The summed E-state index contributed by atoms with van der Waals surface area (Å²) in [5.41, 5.74) is 4.10. The van der Waals surface area contributed by atoms with Crippen LogP contribution in [0.4, 0.5) is 0 Å². The summed E-state index contributed by atoms with van der Waals surface area (Å²) in [5.74, 6) is 0.0979. The molecular formula is C27H33N3O2. The van der Waals surface area contributed by atoms with Gasteiger partial charge in [0.2, 0.25) is 0 Å². The van der Waals surface area contributed by atoms with E-state index in [1.54, 1.807) is 0 Å². The molecule has 168 valence electrons. The molecule has 2 heterocycles. The Morgan fingerprint density at radius 1 is 1.09 bits per heavy atom. The lowest BCUT2D eigenvalue weighted by Gasteiger charge is -2.36. The van der Waals surface area contributed by atoms with E-state index in [0.29, 0.717) is 25.2 Å². The van der Waals surface area contributed by atoms with Crippen LogP contribution in [0.5, 0.6) is 0 Å². The third kappa shape index (κ3) is 3.81. The molecule has 32 heavy (non-hydrogen) atoms. The summed E-state index contributed by atoms with van der Waals surface area (Å²) < 4.78 is 0. The zero-order valence-corrected chi connectivity index (χ0v) is 19.7. The molecule has 1 unspecified atom stereocenters. The van der Waals surface area contributed by atoms with Gasteiger partial charge in [-0.3, -0.25) is 9.59 Å². The summed E-state index contributed by atoms with van der Waals surface area (Å²) >= 11 is 0. The maximum atomic E-state index is 13.9. The highest BCUT2D eigenvalue weighted by Gasteiger charge is 2.50. The minimum absolute atomic E-state index is 0.0173. The molecule has 0 fully saturated rings. The van der Waals surface area contributed by atoms with E-state index in [1.165, 1.54) is 0 Å². The summed E-state index contributed by atoms with van der Waals surface area (Å²) in [5, 5.41) is 3.53. The fourth-order valence-corrected chi connectivity index (χ4v) is 4.97. The van der Waals surface area contributed by atoms with E-state index in [4.69, 9.17) is 0 Å². The van der Waals surface area contributed by atoms with E-state index in [0.717, 1.165) is 22.4 Å². The Morgan fingerprint density at radius 2 is 1.75 bits per heavy atom. The number of aryl methyl sites for hydroxylation is 1. The van der Waals surface area contributed by atoms with Crippen LogP contribution in [-0.4, -0.2) is 46.3 Å². The number of carbonyl (C=O) groups excluding carboxylic acids is 2. The van der Waals surface area contributed by atoms with Crippen LogP contribution in [-0.2, 0) is 11.3 Å². The Bertz CT molecular complexity index is 1040. The third-order valence-corrected chi connectivity index (χ3v) is 6.69. The molecule has 0 radical (unpaired) electrons. The first kappa shape index (κ1) is 22.1. The van der Waals surface area contributed by atoms with E-state index in [2.05, 4.69) is 33.0 Å². The molecule has 2 aromatic rings. The predicted octanol–water partition coefficient (Wildman–Crippen LogP) is 4.14. The summed E-state index contributed by atoms with van der Waals surface area (Å²) in [6.45, 7) is 12.1. The van der Waals surface area contributed by atoms with E-state index in [9.17, 15) is 9.59 Å². The van der Waals surface area contributed by atoms with Crippen molar-refractivity contribution < 1.29 is 9.59 Å². The molecule has 0 saturated heterocycles. The molecule has 0 aromatic heterocycles. The highest BCUT2D eigenvalue weighted by Crippen LogP contribution is 2.40. The Balaban J connectivity index is 1.72. The summed E-state index contributed by atoms with van der Waals surface area (Å²) in [6, 6.07) is 17.5. The van der Waals surface area contributed by atoms with Crippen LogP contribution in [0.15, 0.2) is 65.9 Å². The van der Waals surface area contributed by atoms with Crippen molar-refractivity contribution in [1.29, 1.82) is 0 Å². The number of benzene rings is 2. The highest BCUT2D eigenvalue weighted by molar-refractivity contribution is 6.02. The van der Waals surface area contributed by atoms with Crippen molar-refractivity contribution in [3.05, 3.63) is 82.6 Å². The van der Waals surface area contributed by atoms with Gasteiger partial charge in [0.1, 0.15) is 0 Å². The molecule has 2 aliphatic heterocycles. The lowest BCUT2D eigenvalue weighted by molar-refractivity contribution is -0.130. The van der Waals surface area contributed by atoms with Crippen molar-refractivity contribution in [3.63, 3.8) is 0 Å². The molecule has 0 spiro atoms. The van der Waals surface area contributed by atoms with E-state index in [-0.39, 0.29) is 23.8 Å². The van der Waals surface area contributed by atoms with Crippen molar-refractivity contribution in [2.45, 2.75) is 52.7 Å². The minimum atomic E-state index is -0.474. The number of amides is 2. The normalized spacial score (nSPS) is 20.3. The topological polar surface area (TPSA) is 52.7 Å². The van der Waals surface area contributed by atoms with Gasteiger partial charge in [-0.05, 0) is 44.4 Å². The number of nitrogens with zero attached hydrogens (tertiary/aromatic N) is 2. The van der Waals surface area contributed by atoms with Gasteiger partial charge in [-0.15, -0.1) is 0 Å². The molecule has 5 heteroatoms. The Hall–Kier alpha value is -3.08. The molecule has 5 nitrogen and oxygen atoms in total. The van der Waals surface area contributed by atoms with Gasteiger partial charge in [-0.2, -0.15) is 0 Å². The number of hydrogen-bond donors (Lipinski definition) is 1. The summed E-state index contributed by atoms with van der Waals surface area (Å²) in [7, 11) is 0. The molecule has 0 bridgehead atoms. The van der Waals surface area contributed by atoms with E-state index >= 15 is 0 Å². The van der Waals surface area contributed by atoms with Gasteiger partial charge in [0, 0.05) is 30.9 Å². The van der Waals surface area contributed by atoms with Gasteiger partial charge in [-0.25, -0.2) is 0 Å².